The van der Waals surface area contributed by atoms with Crippen molar-refractivity contribution in [3.05, 3.63) is 28.9 Å². The van der Waals surface area contributed by atoms with Gasteiger partial charge in [0.05, 0.1) is 5.02 Å². The average Bonchev–Trinajstić information content (AvgIpc) is 3.11. The van der Waals surface area contributed by atoms with Crippen molar-refractivity contribution in [1.29, 1.82) is 0 Å². The van der Waals surface area contributed by atoms with Crippen molar-refractivity contribution in [2.45, 2.75) is 50.6 Å². The number of hydrogen-bond acceptors (Lipinski definition) is 5. The molecule has 152 valence electrons. The third kappa shape index (κ3) is 6.80. The van der Waals surface area contributed by atoms with E-state index in [1.165, 1.54) is 38.2 Å². The van der Waals surface area contributed by atoms with Gasteiger partial charge in [0, 0.05) is 37.4 Å². The number of anilines is 1. The molecule has 1 aromatic rings. The second kappa shape index (κ2) is 11.7. The molecule has 0 aromatic carbocycles. The van der Waals surface area contributed by atoms with Crippen LogP contribution < -0.4 is 10.8 Å². The van der Waals surface area contributed by atoms with Gasteiger partial charge in [-0.2, -0.15) is 0 Å². The van der Waals surface area contributed by atoms with E-state index >= 15 is 0 Å². The number of carbonyl (C=O) groups excluding carboxylic acids is 1. The van der Waals surface area contributed by atoms with Crippen LogP contribution in [0.5, 0.6) is 0 Å². The predicted octanol–water partition coefficient (Wildman–Crippen LogP) is 3.92. The van der Waals surface area contributed by atoms with Crippen molar-refractivity contribution < 1.29 is 10.0 Å². The Balaban J connectivity index is 0.00000182. The van der Waals surface area contributed by atoms with Gasteiger partial charge in [-0.25, -0.2) is 10.5 Å². The molecule has 3 rings (SSSR count). The van der Waals surface area contributed by atoms with E-state index in [1.54, 1.807) is 23.8 Å². The summed E-state index contributed by atoms with van der Waals surface area (Å²) in [6.45, 7) is 2.18. The molecule has 2 aliphatic rings. The van der Waals surface area contributed by atoms with Gasteiger partial charge in [-0.3, -0.25) is 14.9 Å². The van der Waals surface area contributed by atoms with Gasteiger partial charge in [0.15, 0.2) is 0 Å². The van der Waals surface area contributed by atoms with Crippen molar-refractivity contribution in [3.63, 3.8) is 0 Å². The number of hydroxylamine groups is 1. The average molecular weight is 438 g/mol. The van der Waals surface area contributed by atoms with Crippen molar-refractivity contribution in [1.82, 2.24) is 15.4 Å². The van der Waals surface area contributed by atoms with Gasteiger partial charge in [-0.1, -0.05) is 30.9 Å². The largest absolute Gasteiger partial charge is 0.365 e. The van der Waals surface area contributed by atoms with E-state index < -0.39 is 5.91 Å². The zero-order chi connectivity index (χ0) is 17.6. The molecular weight excluding hydrogens is 411 g/mol. The van der Waals surface area contributed by atoms with Crippen LogP contribution in [0.3, 0.4) is 0 Å². The number of halogens is 3. The van der Waals surface area contributed by atoms with E-state index in [0.717, 1.165) is 25.6 Å². The Morgan fingerprint density at radius 3 is 2.67 bits per heavy atom. The fourth-order valence-corrected chi connectivity index (χ4v) is 3.96. The fourth-order valence-electron chi connectivity index (χ4n) is 3.74. The number of aromatic nitrogens is 1. The van der Waals surface area contributed by atoms with Gasteiger partial charge in [0.1, 0.15) is 5.82 Å². The molecule has 1 saturated heterocycles. The van der Waals surface area contributed by atoms with E-state index in [9.17, 15) is 4.79 Å². The lowest BCUT2D eigenvalue weighted by molar-refractivity contribution is -0.124. The summed E-state index contributed by atoms with van der Waals surface area (Å²) in [6.07, 6.45) is 12.3. The normalized spacial score (nSPS) is 20.7. The maximum absolute atomic E-state index is 11.0. The third-order valence-electron chi connectivity index (χ3n) is 5.05. The highest BCUT2D eigenvalue weighted by Crippen LogP contribution is 2.28. The number of pyridine rings is 1. The number of nitrogens with zero attached hydrogens (tertiary/aromatic N) is 2. The summed E-state index contributed by atoms with van der Waals surface area (Å²) in [7, 11) is 0. The lowest BCUT2D eigenvalue weighted by Gasteiger charge is -2.31. The topological polar surface area (TPSA) is 77.5 Å². The maximum Gasteiger partial charge on any atom is 0.267 e. The van der Waals surface area contributed by atoms with E-state index in [4.69, 9.17) is 16.8 Å². The molecule has 0 unspecified atom stereocenters. The summed E-state index contributed by atoms with van der Waals surface area (Å²) in [4.78, 5) is 18.0. The van der Waals surface area contributed by atoms with Gasteiger partial charge in [-0.05, 0) is 37.0 Å². The summed E-state index contributed by atoms with van der Waals surface area (Å²) in [6, 6.07) is 2.87. The first-order chi connectivity index (χ1) is 12.2. The van der Waals surface area contributed by atoms with Gasteiger partial charge in [-0.15, -0.1) is 24.8 Å². The molecule has 1 saturated carbocycles. The lowest BCUT2D eigenvalue weighted by atomic mass is 9.94. The molecule has 1 aliphatic heterocycles. The zero-order valence-electron chi connectivity index (χ0n) is 15.1. The second-order valence-electron chi connectivity index (χ2n) is 6.83. The van der Waals surface area contributed by atoms with E-state index in [-0.39, 0.29) is 24.8 Å². The van der Waals surface area contributed by atoms with Crippen LogP contribution in [0.1, 0.15) is 44.1 Å². The lowest BCUT2D eigenvalue weighted by Crippen LogP contribution is -2.36. The van der Waals surface area contributed by atoms with Crippen LogP contribution in [-0.2, 0) is 4.79 Å². The first kappa shape index (κ1) is 24.0. The minimum absolute atomic E-state index is 0. The Bertz CT molecular complexity index is 639. The fraction of sp³-hybridized carbons (Fsp3) is 0.556. The quantitative estimate of drug-likeness (QED) is 0.370. The Hall–Kier alpha value is -1.05. The van der Waals surface area contributed by atoms with E-state index in [2.05, 4.69) is 15.2 Å². The first-order valence-corrected chi connectivity index (χ1v) is 9.32. The number of carbonyl (C=O) groups is 1. The maximum atomic E-state index is 11.0. The molecule has 2 heterocycles. The van der Waals surface area contributed by atoms with E-state index in [1.807, 2.05) is 0 Å². The van der Waals surface area contributed by atoms with Crippen molar-refractivity contribution in [2.24, 2.45) is 0 Å². The summed E-state index contributed by atoms with van der Waals surface area (Å²) in [5.74, 6) is 0.0907. The minimum atomic E-state index is -0.591. The Morgan fingerprint density at radius 2 is 2.00 bits per heavy atom. The molecule has 3 N–H and O–H groups in total. The van der Waals surface area contributed by atoms with Gasteiger partial charge >= 0.3 is 0 Å². The summed E-state index contributed by atoms with van der Waals surface area (Å²) in [5.41, 5.74) is 2.25. The van der Waals surface area contributed by atoms with Crippen molar-refractivity contribution >= 4 is 54.2 Å². The summed E-state index contributed by atoms with van der Waals surface area (Å²) < 4.78 is 0. The number of hydrogen-bond donors (Lipinski definition) is 3. The molecule has 6 nitrogen and oxygen atoms in total. The molecule has 0 radical (unpaired) electrons. The van der Waals surface area contributed by atoms with E-state index in [0.29, 0.717) is 22.4 Å². The monoisotopic (exact) mass is 436 g/mol. The van der Waals surface area contributed by atoms with Crippen molar-refractivity contribution in [3.8, 4) is 0 Å². The highest BCUT2D eigenvalue weighted by Gasteiger charge is 2.29. The molecule has 1 aromatic heterocycles. The van der Waals surface area contributed by atoms with Crippen LogP contribution in [0.25, 0.3) is 6.08 Å². The number of likely N-dealkylation sites (tertiary alicyclic amines) is 1. The van der Waals surface area contributed by atoms with Crippen LogP contribution in [0.15, 0.2) is 18.3 Å². The second-order valence-corrected chi connectivity index (χ2v) is 7.23. The molecule has 1 aliphatic carbocycles. The number of amides is 1. The molecule has 0 spiro atoms. The minimum Gasteiger partial charge on any atom is -0.365 e. The third-order valence-corrected chi connectivity index (χ3v) is 5.34. The standard InChI is InChI=1S/C18H25ClN4O2.2ClH/c19-16-10-13(6-7-17(24)22-25)11-20-18(16)21-14-8-9-23(12-14)15-4-2-1-3-5-15;;/h6-7,10-11,14-15,25H,1-5,8-9,12H2,(H,20,21)(H,22,24);2*1H/b7-6+;;/t14-;;/m1../s1. The SMILES string of the molecule is Cl.Cl.O=C(/C=C/c1cnc(N[C@@H]2CCN(C3CCCCC3)C2)c(Cl)c1)NO. The zero-order valence-corrected chi connectivity index (χ0v) is 17.5. The molecule has 27 heavy (non-hydrogen) atoms. The Morgan fingerprint density at radius 1 is 1.26 bits per heavy atom. The summed E-state index contributed by atoms with van der Waals surface area (Å²) >= 11 is 6.32. The molecule has 1 atom stereocenters. The Kier molecular flexibility index (Phi) is 10.4. The highest BCUT2D eigenvalue weighted by molar-refractivity contribution is 6.33. The smallest absolute Gasteiger partial charge is 0.267 e. The first-order valence-electron chi connectivity index (χ1n) is 8.94. The highest BCUT2D eigenvalue weighted by atomic mass is 35.5. The van der Waals surface area contributed by atoms with Crippen LogP contribution in [0.2, 0.25) is 5.02 Å². The van der Waals surface area contributed by atoms with Crippen LogP contribution in [0.4, 0.5) is 5.82 Å². The molecule has 9 heteroatoms. The predicted molar refractivity (Wildman–Crippen MR) is 113 cm³/mol. The van der Waals surface area contributed by atoms with Crippen molar-refractivity contribution in [2.75, 3.05) is 18.4 Å². The van der Waals surface area contributed by atoms with Gasteiger partial charge in [0.2, 0.25) is 0 Å². The van der Waals surface area contributed by atoms with Crippen LogP contribution in [-0.4, -0.2) is 46.2 Å². The van der Waals surface area contributed by atoms with Gasteiger partial charge in [0.25, 0.3) is 5.91 Å². The molecule has 0 bridgehead atoms. The molecular formula is C18H27Cl3N4O2. The van der Waals surface area contributed by atoms with Crippen LogP contribution in [0, 0.1) is 0 Å². The molecule has 2 fully saturated rings. The number of rotatable bonds is 5. The Labute approximate surface area is 177 Å². The molecule has 1 amide bonds. The van der Waals surface area contributed by atoms with Gasteiger partial charge < -0.3 is 5.32 Å². The number of nitrogens with one attached hydrogen (secondary N) is 2. The summed E-state index contributed by atoms with van der Waals surface area (Å²) in [5, 5.41) is 12.5. The van der Waals surface area contributed by atoms with Crippen LogP contribution >= 0.6 is 36.4 Å².